The van der Waals surface area contributed by atoms with Gasteiger partial charge in [-0.05, 0) is 44.2 Å². The van der Waals surface area contributed by atoms with Crippen molar-refractivity contribution in [1.29, 1.82) is 0 Å². The Labute approximate surface area is 132 Å². The minimum absolute atomic E-state index is 0.0675. The molecule has 1 aliphatic heterocycles. The van der Waals surface area contributed by atoms with E-state index in [-0.39, 0.29) is 17.5 Å². The summed E-state index contributed by atoms with van der Waals surface area (Å²) in [6.07, 6.45) is 0. The number of fused-ring (bicyclic) bond motifs is 2. The lowest BCUT2D eigenvalue weighted by molar-refractivity contribution is 0.0696. The number of carboxylic acid groups (broad SMARTS) is 1. The Morgan fingerprint density at radius 1 is 1.14 bits per heavy atom. The second kappa shape index (κ2) is 5.50. The van der Waals surface area contributed by atoms with Gasteiger partial charge in [0.05, 0.1) is 16.8 Å². The third kappa shape index (κ3) is 2.37. The summed E-state index contributed by atoms with van der Waals surface area (Å²) in [7, 11) is 0. The normalized spacial score (nSPS) is 13.6. The largest absolute Gasteiger partial charge is 0.478 e. The van der Waals surface area contributed by atoms with Gasteiger partial charge >= 0.3 is 5.97 Å². The van der Waals surface area contributed by atoms with Crippen LogP contribution in [0.1, 0.15) is 34.6 Å². The number of benzene rings is 2. The third-order valence-electron chi connectivity index (χ3n) is 3.54. The summed E-state index contributed by atoms with van der Waals surface area (Å²) in [5, 5.41) is 9.21. The molecule has 0 spiro atoms. The fourth-order valence-corrected chi connectivity index (χ4v) is 3.57. The molecule has 2 aromatic rings. The summed E-state index contributed by atoms with van der Waals surface area (Å²) < 4.78 is 0. The first-order chi connectivity index (χ1) is 10.5. The van der Waals surface area contributed by atoms with Crippen LogP contribution in [0.4, 0.5) is 5.69 Å². The molecule has 0 radical (unpaired) electrons. The SMILES string of the molecule is CC(C)N1C(=O)c2ccccc2Sc2ccc(C(=O)O)cc21. The molecule has 112 valence electrons. The van der Waals surface area contributed by atoms with Crippen molar-refractivity contribution in [3.63, 3.8) is 0 Å². The minimum Gasteiger partial charge on any atom is -0.478 e. The molecule has 2 aromatic carbocycles. The maximum atomic E-state index is 12.9. The molecule has 0 aliphatic carbocycles. The fraction of sp³-hybridized carbons (Fsp3) is 0.176. The van der Waals surface area contributed by atoms with Crippen molar-refractivity contribution >= 4 is 29.3 Å². The van der Waals surface area contributed by atoms with Gasteiger partial charge in [-0.3, -0.25) is 4.79 Å². The molecule has 0 saturated carbocycles. The average molecular weight is 313 g/mol. The zero-order chi connectivity index (χ0) is 15.9. The molecule has 1 aliphatic rings. The van der Waals surface area contributed by atoms with Crippen LogP contribution in [0.5, 0.6) is 0 Å². The van der Waals surface area contributed by atoms with E-state index >= 15 is 0 Å². The van der Waals surface area contributed by atoms with Crippen LogP contribution in [-0.4, -0.2) is 23.0 Å². The van der Waals surface area contributed by atoms with Gasteiger partial charge in [0.15, 0.2) is 0 Å². The molecule has 1 amide bonds. The van der Waals surface area contributed by atoms with Crippen LogP contribution in [0.3, 0.4) is 0 Å². The molecule has 0 aromatic heterocycles. The number of nitrogens with zero attached hydrogens (tertiary/aromatic N) is 1. The Kier molecular flexibility index (Phi) is 3.66. The standard InChI is InChI=1S/C17H15NO3S/c1-10(2)18-13-9-11(17(20)21)7-8-15(13)22-14-6-4-3-5-12(14)16(18)19/h3-10H,1-2H3,(H,20,21). The number of rotatable bonds is 2. The van der Waals surface area contributed by atoms with Crippen molar-refractivity contribution in [3.05, 3.63) is 53.6 Å². The summed E-state index contributed by atoms with van der Waals surface area (Å²) in [4.78, 5) is 27.6. The smallest absolute Gasteiger partial charge is 0.335 e. The Morgan fingerprint density at radius 2 is 1.86 bits per heavy atom. The van der Waals surface area contributed by atoms with Gasteiger partial charge in [-0.2, -0.15) is 0 Å². The highest BCUT2D eigenvalue weighted by molar-refractivity contribution is 7.99. The van der Waals surface area contributed by atoms with Crippen molar-refractivity contribution in [1.82, 2.24) is 0 Å². The second-order valence-electron chi connectivity index (χ2n) is 5.35. The summed E-state index contributed by atoms with van der Waals surface area (Å²) >= 11 is 1.49. The maximum Gasteiger partial charge on any atom is 0.335 e. The molecule has 0 fully saturated rings. The molecule has 0 unspecified atom stereocenters. The van der Waals surface area contributed by atoms with Gasteiger partial charge < -0.3 is 10.0 Å². The molecule has 3 rings (SSSR count). The predicted octanol–water partition coefficient (Wildman–Crippen LogP) is 3.90. The molecule has 1 heterocycles. The van der Waals surface area contributed by atoms with Gasteiger partial charge in [-0.1, -0.05) is 23.9 Å². The van der Waals surface area contributed by atoms with Crippen molar-refractivity contribution in [2.75, 3.05) is 4.90 Å². The number of amides is 1. The molecule has 4 nitrogen and oxygen atoms in total. The van der Waals surface area contributed by atoms with E-state index in [9.17, 15) is 14.7 Å². The van der Waals surface area contributed by atoms with Crippen LogP contribution in [0.25, 0.3) is 0 Å². The first-order valence-electron chi connectivity index (χ1n) is 6.97. The fourth-order valence-electron chi connectivity index (χ4n) is 2.53. The molecule has 22 heavy (non-hydrogen) atoms. The van der Waals surface area contributed by atoms with E-state index in [1.54, 1.807) is 23.1 Å². The Morgan fingerprint density at radius 3 is 2.55 bits per heavy atom. The number of carbonyl (C=O) groups is 2. The highest BCUT2D eigenvalue weighted by Crippen LogP contribution is 2.42. The Balaban J connectivity index is 2.24. The van der Waals surface area contributed by atoms with Crippen LogP contribution >= 0.6 is 11.8 Å². The monoisotopic (exact) mass is 313 g/mol. The van der Waals surface area contributed by atoms with E-state index in [1.807, 2.05) is 38.1 Å². The first-order valence-corrected chi connectivity index (χ1v) is 7.78. The lowest BCUT2D eigenvalue weighted by Crippen LogP contribution is -2.37. The summed E-state index contributed by atoms with van der Waals surface area (Å²) in [6.45, 7) is 3.85. The van der Waals surface area contributed by atoms with Gasteiger partial charge in [-0.25, -0.2) is 4.79 Å². The molecule has 0 atom stereocenters. The van der Waals surface area contributed by atoms with Crippen molar-refractivity contribution in [2.45, 2.75) is 29.7 Å². The van der Waals surface area contributed by atoms with Gasteiger partial charge in [0.2, 0.25) is 0 Å². The number of anilines is 1. The summed E-state index contributed by atoms with van der Waals surface area (Å²) in [5.74, 6) is -1.09. The maximum absolute atomic E-state index is 12.9. The van der Waals surface area contributed by atoms with Crippen LogP contribution in [0.15, 0.2) is 52.3 Å². The lowest BCUT2D eigenvalue weighted by atomic mass is 10.1. The van der Waals surface area contributed by atoms with Crippen LogP contribution < -0.4 is 4.90 Å². The quantitative estimate of drug-likeness (QED) is 0.913. The molecule has 5 heteroatoms. The van der Waals surface area contributed by atoms with Crippen molar-refractivity contribution < 1.29 is 14.7 Å². The topological polar surface area (TPSA) is 57.6 Å². The second-order valence-corrected chi connectivity index (χ2v) is 6.44. The zero-order valence-corrected chi connectivity index (χ0v) is 13.1. The van der Waals surface area contributed by atoms with E-state index in [4.69, 9.17) is 0 Å². The first kappa shape index (κ1) is 14.7. The number of aromatic carboxylic acids is 1. The summed E-state index contributed by atoms with van der Waals surface area (Å²) in [6, 6.07) is 12.3. The van der Waals surface area contributed by atoms with Crippen molar-refractivity contribution in [2.24, 2.45) is 0 Å². The van der Waals surface area contributed by atoms with E-state index in [0.717, 1.165) is 9.79 Å². The van der Waals surface area contributed by atoms with E-state index in [0.29, 0.717) is 11.3 Å². The highest BCUT2D eigenvalue weighted by atomic mass is 32.2. The number of hydrogen-bond donors (Lipinski definition) is 1. The van der Waals surface area contributed by atoms with Gasteiger partial charge in [0, 0.05) is 15.8 Å². The van der Waals surface area contributed by atoms with E-state index < -0.39 is 5.97 Å². The van der Waals surface area contributed by atoms with E-state index in [1.165, 1.54) is 11.8 Å². The van der Waals surface area contributed by atoms with Gasteiger partial charge in [0.25, 0.3) is 5.91 Å². The number of hydrogen-bond acceptors (Lipinski definition) is 3. The molecular formula is C17H15NO3S. The van der Waals surface area contributed by atoms with Crippen LogP contribution in [0.2, 0.25) is 0 Å². The molecule has 0 bridgehead atoms. The number of carbonyl (C=O) groups excluding carboxylic acids is 1. The zero-order valence-electron chi connectivity index (χ0n) is 12.2. The van der Waals surface area contributed by atoms with Gasteiger partial charge in [0.1, 0.15) is 0 Å². The summed E-state index contributed by atoms with van der Waals surface area (Å²) in [5.41, 5.74) is 1.49. The lowest BCUT2D eigenvalue weighted by Gasteiger charge is -2.27. The van der Waals surface area contributed by atoms with Crippen molar-refractivity contribution in [3.8, 4) is 0 Å². The number of carboxylic acids is 1. The van der Waals surface area contributed by atoms with Gasteiger partial charge in [-0.15, -0.1) is 0 Å². The Hall–Kier alpha value is -2.27. The molecule has 0 saturated heterocycles. The molecular weight excluding hydrogens is 298 g/mol. The van der Waals surface area contributed by atoms with Crippen LogP contribution in [0, 0.1) is 0 Å². The average Bonchev–Trinajstić information content (AvgIpc) is 2.60. The van der Waals surface area contributed by atoms with E-state index in [2.05, 4.69) is 0 Å². The highest BCUT2D eigenvalue weighted by Gasteiger charge is 2.29. The minimum atomic E-state index is -0.995. The third-order valence-corrected chi connectivity index (χ3v) is 4.68. The molecule has 1 N–H and O–H groups in total. The Bertz CT molecular complexity index is 770. The van der Waals surface area contributed by atoms with Crippen LogP contribution in [-0.2, 0) is 0 Å². The predicted molar refractivity (Wildman–Crippen MR) is 85.9 cm³/mol.